The third-order valence-corrected chi connectivity index (χ3v) is 5.51. The molecule has 6 heteroatoms. The predicted molar refractivity (Wildman–Crippen MR) is 88.7 cm³/mol. The number of hydrogen-bond acceptors (Lipinski definition) is 2. The van der Waals surface area contributed by atoms with E-state index in [1.807, 2.05) is 24.4 Å². The van der Waals surface area contributed by atoms with Crippen LogP contribution in [-0.2, 0) is 11.2 Å². The number of carbonyl (C=O) groups is 1. The Bertz CT molecular complexity index is 726. The number of H-pyrrole nitrogens is 1. The number of rotatable bonds is 5. The van der Waals surface area contributed by atoms with Crippen molar-refractivity contribution in [2.45, 2.75) is 24.1 Å². The molecule has 1 aromatic carbocycles. The minimum Gasteiger partial charge on any atom is -0.497 e. The lowest BCUT2D eigenvalue weighted by molar-refractivity contribution is -0.125. The van der Waals surface area contributed by atoms with E-state index in [0.29, 0.717) is 13.0 Å². The number of fused-ring (bicyclic) bond motifs is 1. The van der Waals surface area contributed by atoms with Gasteiger partial charge >= 0.3 is 0 Å². The number of methoxy groups -OCH3 is 1. The molecule has 2 aromatic rings. The van der Waals surface area contributed by atoms with Gasteiger partial charge in [0.15, 0.2) is 0 Å². The van der Waals surface area contributed by atoms with Gasteiger partial charge in [-0.25, -0.2) is 0 Å². The minimum absolute atomic E-state index is 0.0880. The molecule has 1 amide bonds. The lowest BCUT2D eigenvalue weighted by Crippen LogP contribution is -2.34. The number of aromatic nitrogens is 1. The minimum atomic E-state index is -0.925. The van der Waals surface area contributed by atoms with Gasteiger partial charge in [-0.15, -0.1) is 23.2 Å². The van der Waals surface area contributed by atoms with Gasteiger partial charge in [0, 0.05) is 23.6 Å². The first-order chi connectivity index (χ1) is 10.4. The molecule has 118 valence electrons. The Morgan fingerprint density at radius 3 is 2.82 bits per heavy atom. The monoisotopic (exact) mass is 340 g/mol. The molecule has 1 aliphatic rings. The number of nitrogens with one attached hydrogen (secondary N) is 2. The van der Waals surface area contributed by atoms with Crippen molar-refractivity contribution in [2.24, 2.45) is 5.41 Å². The van der Waals surface area contributed by atoms with Crippen LogP contribution in [-0.4, -0.2) is 28.9 Å². The van der Waals surface area contributed by atoms with Crippen LogP contribution in [0.1, 0.15) is 18.9 Å². The van der Waals surface area contributed by atoms with E-state index in [9.17, 15) is 4.79 Å². The van der Waals surface area contributed by atoms with Crippen molar-refractivity contribution < 1.29 is 9.53 Å². The van der Waals surface area contributed by atoms with Gasteiger partial charge in [0.2, 0.25) is 5.91 Å². The summed E-state index contributed by atoms with van der Waals surface area (Å²) in [7, 11) is 1.65. The van der Waals surface area contributed by atoms with Gasteiger partial charge in [-0.05, 0) is 43.5 Å². The van der Waals surface area contributed by atoms with Crippen molar-refractivity contribution in [2.75, 3.05) is 13.7 Å². The first-order valence-electron chi connectivity index (χ1n) is 7.17. The third-order valence-electron chi connectivity index (χ3n) is 4.41. The van der Waals surface area contributed by atoms with Crippen LogP contribution >= 0.6 is 23.2 Å². The third kappa shape index (κ3) is 2.55. The maximum atomic E-state index is 12.1. The second kappa shape index (κ2) is 5.36. The fourth-order valence-corrected chi connectivity index (χ4v) is 3.35. The molecule has 2 N–H and O–H groups in total. The van der Waals surface area contributed by atoms with E-state index in [2.05, 4.69) is 10.3 Å². The summed E-state index contributed by atoms with van der Waals surface area (Å²) in [5.41, 5.74) is 1.52. The lowest BCUT2D eigenvalue weighted by atomic mass is 10.1. The molecule has 1 aromatic heterocycles. The lowest BCUT2D eigenvalue weighted by Gasteiger charge is -2.12. The standard InChI is InChI=1S/C16H18Cl2N2O2/c1-15(9-16(15,17)18)14(21)19-6-5-10-8-20-13-4-3-11(22-2)7-12(10)13/h3-4,7-8,20H,5-6,9H2,1-2H3,(H,19,21)/t15-/m0/s1. The smallest absolute Gasteiger partial charge is 0.229 e. The number of ether oxygens (including phenoxy) is 1. The summed E-state index contributed by atoms with van der Waals surface area (Å²) >= 11 is 12.0. The molecular weight excluding hydrogens is 323 g/mol. The van der Waals surface area contributed by atoms with Crippen molar-refractivity contribution >= 4 is 40.0 Å². The zero-order chi connectivity index (χ0) is 16.0. The van der Waals surface area contributed by atoms with E-state index >= 15 is 0 Å². The highest BCUT2D eigenvalue weighted by Crippen LogP contribution is 2.63. The highest BCUT2D eigenvalue weighted by Gasteiger charge is 2.67. The van der Waals surface area contributed by atoms with Crippen molar-refractivity contribution in [1.29, 1.82) is 0 Å². The predicted octanol–water partition coefficient (Wildman–Crippen LogP) is 3.42. The zero-order valence-corrected chi connectivity index (χ0v) is 14.0. The molecule has 0 radical (unpaired) electrons. The van der Waals surface area contributed by atoms with Crippen molar-refractivity contribution in [3.05, 3.63) is 30.0 Å². The van der Waals surface area contributed by atoms with Crippen LogP contribution in [0.3, 0.4) is 0 Å². The Kier molecular flexibility index (Phi) is 3.77. The normalized spacial score (nSPS) is 22.5. The maximum absolute atomic E-state index is 12.1. The Morgan fingerprint density at radius 2 is 2.18 bits per heavy atom. The van der Waals surface area contributed by atoms with Crippen molar-refractivity contribution in [3.8, 4) is 5.75 Å². The highest BCUT2D eigenvalue weighted by molar-refractivity contribution is 6.53. The van der Waals surface area contributed by atoms with E-state index in [1.165, 1.54) is 0 Å². The molecule has 1 heterocycles. The van der Waals surface area contributed by atoms with Crippen molar-refractivity contribution in [3.63, 3.8) is 0 Å². The molecule has 1 saturated carbocycles. The van der Waals surface area contributed by atoms with Gasteiger partial charge in [0.05, 0.1) is 12.5 Å². The number of hydrogen-bond donors (Lipinski definition) is 2. The van der Waals surface area contributed by atoms with E-state index in [1.54, 1.807) is 14.0 Å². The number of carbonyl (C=O) groups excluding carboxylic acids is 1. The summed E-state index contributed by atoms with van der Waals surface area (Å²) in [4.78, 5) is 15.4. The Hall–Kier alpha value is -1.39. The summed E-state index contributed by atoms with van der Waals surface area (Å²) in [5, 5.41) is 4.03. The first kappa shape index (κ1) is 15.5. The van der Waals surface area contributed by atoms with Crippen LogP contribution in [0.4, 0.5) is 0 Å². The summed E-state index contributed by atoms with van der Waals surface area (Å²) in [6.45, 7) is 2.33. The number of alkyl halides is 2. The molecule has 0 spiro atoms. The van der Waals surface area contributed by atoms with E-state index in [4.69, 9.17) is 27.9 Å². The van der Waals surface area contributed by atoms with Gasteiger partial charge in [-0.3, -0.25) is 4.79 Å². The number of aromatic amines is 1. The molecule has 0 aliphatic heterocycles. The fourth-order valence-electron chi connectivity index (χ4n) is 2.64. The second-order valence-corrected chi connectivity index (χ2v) is 7.43. The molecule has 0 bridgehead atoms. The average Bonchev–Trinajstić information content (AvgIpc) is 2.83. The Labute approximate surface area is 139 Å². The van der Waals surface area contributed by atoms with Gasteiger partial charge in [-0.2, -0.15) is 0 Å². The van der Waals surface area contributed by atoms with Gasteiger partial charge in [0.1, 0.15) is 10.1 Å². The van der Waals surface area contributed by atoms with Gasteiger partial charge in [0.25, 0.3) is 0 Å². The number of amides is 1. The quantitative estimate of drug-likeness (QED) is 0.819. The molecule has 1 aliphatic carbocycles. The summed E-state index contributed by atoms with van der Waals surface area (Å²) in [6.07, 6.45) is 3.19. The molecule has 0 unspecified atom stereocenters. The van der Waals surface area contributed by atoms with Crippen LogP contribution < -0.4 is 10.1 Å². The van der Waals surface area contributed by atoms with Crippen LogP contribution in [0.5, 0.6) is 5.75 Å². The van der Waals surface area contributed by atoms with Crippen LogP contribution in [0.15, 0.2) is 24.4 Å². The first-order valence-corrected chi connectivity index (χ1v) is 7.93. The Balaban J connectivity index is 1.64. The van der Waals surface area contributed by atoms with Crippen LogP contribution in [0, 0.1) is 5.41 Å². The molecule has 1 atom stereocenters. The average molecular weight is 341 g/mol. The molecule has 3 rings (SSSR count). The Morgan fingerprint density at radius 1 is 1.45 bits per heavy atom. The highest BCUT2D eigenvalue weighted by atomic mass is 35.5. The van der Waals surface area contributed by atoms with Crippen LogP contribution in [0.25, 0.3) is 10.9 Å². The molecule has 22 heavy (non-hydrogen) atoms. The van der Waals surface area contributed by atoms with Crippen LogP contribution in [0.2, 0.25) is 0 Å². The largest absolute Gasteiger partial charge is 0.497 e. The SMILES string of the molecule is COc1ccc2[nH]cc(CCNC(=O)[C@]3(C)CC3(Cl)Cl)c2c1. The van der Waals surface area contributed by atoms with E-state index in [-0.39, 0.29) is 5.91 Å². The van der Waals surface area contributed by atoms with E-state index < -0.39 is 9.75 Å². The summed E-state index contributed by atoms with van der Waals surface area (Å²) in [6, 6.07) is 5.89. The zero-order valence-electron chi connectivity index (χ0n) is 12.5. The number of benzene rings is 1. The maximum Gasteiger partial charge on any atom is 0.229 e. The summed E-state index contributed by atoms with van der Waals surface area (Å²) in [5.74, 6) is 0.729. The van der Waals surface area contributed by atoms with E-state index in [0.717, 1.165) is 28.6 Å². The molecule has 4 nitrogen and oxygen atoms in total. The second-order valence-electron chi connectivity index (χ2n) is 5.94. The van der Waals surface area contributed by atoms with Gasteiger partial charge < -0.3 is 15.0 Å². The van der Waals surface area contributed by atoms with Gasteiger partial charge in [-0.1, -0.05) is 0 Å². The number of halogens is 2. The summed E-state index contributed by atoms with van der Waals surface area (Å²) < 4.78 is 4.33. The molecule has 0 saturated heterocycles. The molecular formula is C16H18Cl2N2O2. The topological polar surface area (TPSA) is 54.1 Å². The fraction of sp³-hybridized carbons (Fsp3) is 0.438. The van der Waals surface area contributed by atoms with Crippen molar-refractivity contribution in [1.82, 2.24) is 10.3 Å². The molecule has 1 fully saturated rings.